The van der Waals surface area contributed by atoms with Gasteiger partial charge in [0.15, 0.2) is 0 Å². The summed E-state index contributed by atoms with van der Waals surface area (Å²) in [6, 6.07) is 10.0. The van der Waals surface area contributed by atoms with E-state index in [1.807, 2.05) is 0 Å². The maximum absolute atomic E-state index is 13.0. The van der Waals surface area contributed by atoms with E-state index >= 15 is 0 Å². The number of ether oxygens (including phenoxy) is 1. The zero-order chi connectivity index (χ0) is 17.7. The van der Waals surface area contributed by atoms with E-state index in [0.29, 0.717) is 11.4 Å². The smallest absolute Gasteiger partial charge is 0.418 e. The molecule has 0 atom stereocenters. The Hall–Kier alpha value is -2.41. The second-order valence-corrected chi connectivity index (χ2v) is 5.23. The Morgan fingerprint density at radius 1 is 1.17 bits per heavy atom. The molecule has 0 bridgehead atoms. The molecule has 2 aromatic rings. The molecule has 0 fully saturated rings. The number of anilines is 2. The number of carbonyl (C=O) groups is 1. The first-order valence-electron chi connectivity index (χ1n) is 6.84. The molecule has 2 aromatic carbocycles. The largest absolute Gasteiger partial charge is 0.495 e. The third-order valence-electron chi connectivity index (χ3n) is 3.11. The van der Waals surface area contributed by atoms with E-state index in [4.69, 9.17) is 16.3 Å². The molecule has 24 heavy (non-hydrogen) atoms. The molecule has 0 aliphatic carbocycles. The SMILES string of the molecule is COc1ccccc1NCC(=O)Nc1ccc(Cl)cc1C(F)(F)F. The van der Waals surface area contributed by atoms with Gasteiger partial charge in [-0.15, -0.1) is 0 Å². The predicted molar refractivity (Wildman–Crippen MR) is 86.6 cm³/mol. The number of hydrogen-bond acceptors (Lipinski definition) is 3. The Morgan fingerprint density at radius 3 is 2.54 bits per heavy atom. The van der Waals surface area contributed by atoms with Crippen LogP contribution in [0.1, 0.15) is 5.56 Å². The number of carbonyl (C=O) groups excluding carboxylic acids is 1. The molecular formula is C16H14ClF3N2O2. The number of para-hydroxylation sites is 2. The predicted octanol–water partition coefficient (Wildman–Crippen LogP) is 4.42. The van der Waals surface area contributed by atoms with Crippen molar-refractivity contribution in [3.8, 4) is 5.75 Å². The van der Waals surface area contributed by atoms with Crippen LogP contribution < -0.4 is 15.4 Å². The Morgan fingerprint density at radius 2 is 1.88 bits per heavy atom. The average Bonchev–Trinajstić information content (AvgIpc) is 2.54. The third-order valence-corrected chi connectivity index (χ3v) is 3.34. The minimum Gasteiger partial charge on any atom is -0.495 e. The van der Waals surface area contributed by atoms with Gasteiger partial charge in [0.2, 0.25) is 5.91 Å². The maximum atomic E-state index is 13.0. The van der Waals surface area contributed by atoms with Crippen molar-refractivity contribution in [2.45, 2.75) is 6.18 Å². The molecular weight excluding hydrogens is 345 g/mol. The van der Waals surface area contributed by atoms with Crippen LogP contribution in [0.3, 0.4) is 0 Å². The summed E-state index contributed by atoms with van der Waals surface area (Å²) in [7, 11) is 1.48. The summed E-state index contributed by atoms with van der Waals surface area (Å²) >= 11 is 5.60. The fraction of sp³-hybridized carbons (Fsp3) is 0.188. The van der Waals surface area contributed by atoms with E-state index in [1.165, 1.54) is 13.2 Å². The van der Waals surface area contributed by atoms with Gasteiger partial charge >= 0.3 is 6.18 Å². The lowest BCUT2D eigenvalue weighted by Crippen LogP contribution is -2.23. The Kier molecular flexibility index (Phi) is 5.56. The molecule has 2 rings (SSSR count). The van der Waals surface area contributed by atoms with Gasteiger partial charge in [0.25, 0.3) is 0 Å². The zero-order valence-electron chi connectivity index (χ0n) is 12.6. The second-order valence-electron chi connectivity index (χ2n) is 4.79. The van der Waals surface area contributed by atoms with Crippen LogP contribution in [0.25, 0.3) is 0 Å². The van der Waals surface area contributed by atoms with Crippen LogP contribution in [0.2, 0.25) is 5.02 Å². The van der Waals surface area contributed by atoms with Gasteiger partial charge in [-0.3, -0.25) is 4.79 Å². The lowest BCUT2D eigenvalue weighted by atomic mass is 10.1. The summed E-state index contributed by atoms with van der Waals surface area (Å²) < 4.78 is 44.1. The molecule has 0 heterocycles. The van der Waals surface area contributed by atoms with Gasteiger partial charge in [0, 0.05) is 5.02 Å². The van der Waals surface area contributed by atoms with Gasteiger partial charge in [-0.1, -0.05) is 23.7 Å². The molecule has 1 amide bonds. The molecule has 0 radical (unpaired) electrons. The Bertz CT molecular complexity index is 736. The van der Waals surface area contributed by atoms with E-state index in [0.717, 1.165) is 12.1 Å². The van der Waals surface area contributed by atoms with Crippen molar-refractivity contribution in [3.63, 3.8) is 0 Å². The molecule has 4 nitrogen and oxygen atoms in total. The summed E-state index contributed by atoms with van der Waals surface area (Å²) in [5, 5.41) is 4.98. The van der Waals surface area contributed by atoms with E-state index in [9.17, 15) is 18.0 Å². The minimum atomic E-state index is -4.62. The summed E-state index contributed by atoms with van der Waals surface area (Å²) in [5.74, 6) is -0.110. The van der Waals surface area contributed by atoms with Gasteiger partial charge in [-0.2, -0.15) is 13.2 Å². The normalized spacial score (nSPS) is 11.0. The molecule has 8 heteroatoms. The lowest BCUT2D eigenvalue weighted by Gasteiger charge is -2.15. The van der Waals surface area contributed by atoms with Crippen molar-refractivity contribution >= 4 is 28.9 Å². The number of rotatable bonds is 5. The first-order valence-corrected chi connectivity index (χ1v) is 7.22. The van der Waals surface area contributed by atoms with Gasteiger partial charge in [0.1, 0.15) is 5.75 Å². The standard InChI is InChI=1S/C16H14ClF3N2O2/c1-24-14-5-3-2-4-13(14)21-9-15(23)22-12-7-6-10(17)8-11(12)16(18,19)20/h2-8,21H,9H2,1H3,(H,22,23). The second kappa shape index (κ2) is 7.44. The molecule has 128 valence electrons. The number of halogens is 4. The number of alkyl halides is 3. The fourth-order valence-corrected chi connectivity index (χ4v) is 2.19. The Labute approximate surface area is 141 Å². The first kappa shape index (κ1) is 17.9. The van der Waals surface area contributed by atoms with Gasteiger partial charge in [0.05, 0.1) is 30.6 Å². The van der Waals surface area contributed by atoms with Crippen LogP contribution >= 0.6 is 11.6 Å². The van der Waals surface area contributed by atoms with Crippen LogP contribution in [-0.2, 0) is 11.0 Å². The molecule has 2 N–H and O–H groups in total. The summed E-state index contributed by atoms with van der Waals surface area (Å²) in [5.41, 5.74) is -0.790. The van der Waals surface area contributed by atoms with Gasteiger partial charge < -0.3 is 15.4 Å². The highest BCUT2D eigenvalue weighted by molar-refractivity contribution is 6.30. The van der Waals surface area contributed by atoms with E-state index in [1.54, 1.807) is 24.3 Å². The van der Waals surface area contributed by atoms with E-state index < -0.39 is 17.6 Å². The van der Waals surface area contributed by atoms with E-state index in [-0.39, 0.29) is 17.3 Å². The highest BCUT2D eigenvalue weighted by atomic mass is 35.5. The van der Waals surface area contributed by atoms with Crippen LogP contribution in [0.4, 0.5) is 24.5 Å². The monoisotopic (exact) mass is 358 g/mol. The molecule has 0 spiro atoms. The van der Waals surface area contributed by atoms with Crippen molar-refractivity contribution in [1.82, 2.24) is 0 Å². The molecule has 0 aliphatic heterocycles. The maximum Gasteiger partial charge on any atom is 0.418 e. The zero-order valence-corrected chi connectivity index (χ0v) is 13.3. The number of methoxy groups -OCH3 is 1. The minimum absolute atomic E-state index is 0.0625. The number of benzene rings is 2. The highest BCUT2D eigenvalue weighted by Gasteiger charge is 2.34. The summed E-state index contributed by atoms with van der Waals surface area (Å²) in [6.45, 7) is -0.222. The molecule has 0 saturated carbocycles. The average molecular weight is 359 g/mol. The summed E-state index contributed by atoms with van der Waals surface area (Å²) in [6.07, 6.45) is -4.62. The number of amides is 1. The highest BCUT2D eigenvalue weighted by Crippen LogP contribution is 2.36. The van der Waals surface area contributed by atoms with Crippen molar-refractivity contribution in [1.29, 1.82) is 0 Å². The quantitative estimate of drug-likeness (QED) is 0.832. The first-order chi connectivity index (χ1) is 11.3. The van der Waals surface area contributed by atoms with Crippen LogP contribution in [0, 0.1) is 0 Å². The number of hydrogen-bond donors (Lipinski definition) is 2. The lowest BCUT2D eigenvalue weighted by molar-refractivity contribution is -0.137. The molecule has 0 aliphatic rings. The van der Waals surface area contributed by atoms with Crippen LogP contribution in [-0.4, -0.2) is 19.6 Å². The molecule has 0 unspecified atom stereocenters. The van der Waals surface area contributed by atoms with Crippen LogP contribution in [0.5, 0.6) is 5.75 Å². The van der Waals surface area contributed by atoms with Crippen molar-refractivity contribution < 1.29 is 22.7 Å². The van der Waals surface area contributed by atoms with Crippen LogP contribution in [0.15, 0.2) is 42.5 Å². The third kappa shape index (κ3) is 4.55. The van der Waals surface area contributed by atoms with E-state index in [2.05, 4.69) is 10.6 Å². The van der Waals surface area contributed by atoms with Gasteiger partial charge in [-0.25, -0.2) is 0 Å². The Balaban J connectivity index is 2.08. The van der Waals surface area contributed by atoms with Crippen molar-refractivity contribution in [2.24, 2.45) is 0 Å². The van der Waals surface area contributed by atoms with Gasteiger partial charge in [-0.05, 0) is 30.3 Å². The number of nitrogens with one attached hydrogen (secondary N) is 2. The summed E-state index contributed by atoms with van der Waals surface area (Å²) in [4.78, 5) is 11.9. The van der Waals surface area contributed by atoms with Crippen molar-refractivity contribution in [2.75, 3.05) is 24.3 Å². The molecule has 0 saturated heterocycles. The van der Waals surface area contributed by atoms with Crippen molar-refractivity contribution in [3.05, 3.63) is 53.1 Å². The fourth-order valence-electron chi connectivity index (χ4n) is 2.02. The molecule has 0 aromatic heterocycles. The topological polar surface area (TPSA) is 50.4 Å².